The molecule has 1 unspecified atom stereocenters. The van der Waals surface area contributed by atoms with E-state index in [1.54, 1.807) is 26.0 Å². The average molecular weight is 289 g/mol. The van der Waals surface area contributed by atoms with Crippen molar-refractivity contribution in [2.24, 2.45) is 0 Å². The Balaban J connectivity index is 2.21. The van der Waals surface area contributed by atoms with E-state index in [1.165, 1.54) is 18.2 Å². The molecule has 21 heavy (non-hydrogen) atoms. The van der Waals surface area contributed by atoms with Crippen LogP contribution in [-0.4, -0.2) is 10.8 Å². The molecule has 1 aromatic carbocycles. The molecule has 0 bridgehead atoms. The molecule has 7 nitrogen and oxygen atoms in total. The molecule has 1 atom stereocenters. The number of anilines is 1. The number of hydrogen-bond acceptors (Lipinski definition) is 5. The van der Waals surface area contributed by atoms with Gasteiger partial charge in [0.05, 0.1) is 16.5 Å². The van der Waals surface area contributed by atoms with Gasteiger partial charge in [-0.15, -0.1) is 0 Å². The number of carbonyl (C=O) groups excluding carboxylic acids is 1. The first-order valence-electron chi connectivity index (χ1n) is 6.30. The molecule has 1 aromatic heterocycles. The number of aryl methyl sites for hydroxylation is 1. The van der Waals surface area contributed by atoms with Gasteiger partial charge in [-0.05, 0) is 32.0 Å². The molecule has 0 saturated carbocycles. The third kappa shape index (κ3) is 3.02. The van der Waals surface area contributed by atoms with Crippen molar-refractivity contribution in [3.8, 4) is 0 Å². The van der Waals surface area contributed by atoms with Crippen molar-refractivity contribution in [2.75, 3.05) is 5.73 Å². The monoisotopic (exact) mass is 289 g/mol. The summed E-state index contributed by atoms with van der Waals surface area (Å²) in [5.74, 6) is 0.851. The van der Waals surface area contributed by atoms with Gasteiger partial charge in [0, 0.05) is 6.07 Å². The molecule has 0 fully saturated rings. The number of nitro groups is 1. The summed E-state index contributed by atoms with van der Waals surface area (Å²) in [4.78, 5) is 22.4. The first-order valence-corrected chi connectivity index (χ1v) is 6.30. The molecule has 0 radical (unpaired) electrons. The molecule has 7 heteroatoms. The van der Waals surface area contributed by atoms with E-state index in [-0.39, 0.29) is 23.0 Å². The van der Waals surface area contributed by atoms with Crippen LogP contribution < -0.4 is 11.1 Å². The largest absolute Gasteiger partial charge is 0.464 e. The van der Waals surface area contributed by atoms with Crippen LogP contribution in [0.25, 0.3) is 0 Å². The van der Waals surface area contributed by atoms with Gasteiger partial charge in [-0.2, -0.15) is 0 Å². The van der Waals surface area contributed by atoms with Crippen LogP contribution in [-0.2, 0) is 0 Å². The fourth-order valence-corrected chi connectivity index (χ4v) is 1.94. The summed E-state index contributed by atoms with van der Waals surface area (Å²) in [5, 5.41) is 13.5. The Morgan fingerprint density at radius 1 is 1.38 bits per heavy atom. The number of rotatable bonds is 4. The molecule has 2 aromatic rings. The maximum absolute atomic E-state index is 12.2. The van der Waals surface area contributed by atoms with E-state index in [2.05, 4.69) is 5.32 Å². The Hall–Kier alpha value is -2.83. The Kier molecular flexibility index (Phi) is 3.93. The van der Waals surface area contributed by atoms with Crippen LogP contribution in [0.1, 0.15) is 34.8 Å². The Bertz CT molecular complexity index is 693. The van der Waals surface area contributed by atoms with Gasteiger partial charge in [-0.1, -0.05) is 6.07 Å². The maximum Gasteiger partial charge on any atom is 0.292 e. The van der Waals surface area contributed by atoms with E-state index < -0.39 is 10.8 Å². The molecule has 0 aliphatic carbocycles. The SMILES string of the molecule is Cc1ccc(C(C)NC(=O)c2cccc([N+](=O)[O-])c2N)o1. The topological polar surface area (TPSA) is 111 Å². The Labute approximate surface area is 120 Å². The fourth-order valence-electron chi connectivity index (χ4n) is 1.94. The zero-order chi connectivity index (χ0) is 15.6. The predicted octanol–water partition coefficient (Wildman–Crippen LogP) is 2.57. The second kappa shape index (κ2) is 5.66. The number of furan rings is 1. The number of hydrogen-bond donors (Lipinski definition) is 2. The molecule has 1 heterocycles. The van der Waals surface area contributed by atoms with Crippen LogP contribution in [0.2, 0.25) is 0 Å². The second-order valence-corrected chi connectivity index (χ2v) is 4.64. The third-order valence-electron chi connectivity index (χ3n) is 3.06. The lowest BCUT2D eigenvalue weighted by Gasteiger charge is -2.12. The lowest BCUT2D eigenvalue weighted by Crippen LogP contribution is -2.27. The summed E-state index contributed by atoms with van der Waals surface area (Å²) >= 11 is 0. The number of nitrogen functional groups attached to an aromatic ring is 1. The molecule has 2 rings (SSSR count). The van der Waals surface area contributed by atoms with Crippen molar-refractivity contribution in [3.63, 3.8) is 0 Å². The highest BCUT2D eigenvalue weighted by Gasteiger charge is 2.21. The number of amides is 1. The van der Waals surface area contributed by atoms with Crippen LogP contribution in [0, 0.1) is 17.0 Å². The summed E-state index contributed by atoms with van der Waals surface area (Å²) in [6.45, 7) is 3.56. The number of nitrogens with two attached hydrogens (primary N) is 1. The smallest absolute Gasteiger partial charge is 0.292 e. The normalized spacial score (nSPS) is 11.9. The molecule has 1 amide bonds. The van der Waals surface area contributed by atoms with Crippen LogP contribution >= 0.6 is 0 Å². The first-order chi connectivity index (χ1) is 9.90. The van der Waals surface area contributed by atoms with Crippen LogP contribution in [0.15, 0.2) is 34.7 Å². The first kappa shape index (κ1) is 14.6. The van der Waals surface area contributed by atoms with E-state index >= 15 is 0 Å². The molecular formula is C14H15N3O4. The highest BCUT2D eigenvalue weighted by atomic mass is 16.6. The summed E-state index contributed by atoms with van der Waals surface area (Å²) in [5.41, 5.74) is 5.31. The van der Waals surface area contributed by atoms with Gasteiger partial charge >= 0.3 is 0 Å². The lowest BCUT2D eigenvalue weighted by molar-refractivity contribution is -0.383. The summed E-state index contributed by atoms with van der Waals surface area (Å²) in [6.07, 6.45) is 0. The number of carbonyl (C=O) groups is 1. The zero-order valence-electron chi connectivity index (χ0n) is 11.6. The van der Waals surface area contributed by atoms with Gasteiger partial charge in [0.15, 0.2) is 0 Å². The van der Waals surface area contributed by atoms with Gasteiger partial charge in [-0.25, -0.2) is 0 Å². The fraction of sp³-hybridized carbons (Fsp3) is 0.214. The van der Waals surface area contributed by atoms with Gasteiger partial charge in [0.2, 0.25) is 0 Å². The molecule has 3 N–H and O–H groups in total. The van der Waals surface area contributed by atoms with Crippen molar-refractivity contribution >= 4 is 17.3 Å². The van der Waals surface area contributed by atoms with Crippen molar-refractivity contribution < 1.29 is 14.1 Å². The van der Waals surface area contributed by atoms with E-state index in [0.29, 0.717) is 5.76 Å². The standard InChI is InChI=1S/C14H15N3O4/c1-8-6-7-12(21-8)9(2)16-14(18)10-4-3-5-11(13(10)15)17(19)20/h3-7,9H,15H2,1-2H3,(H,16,18). The minimum Gasteiger partial charge on any atom is -0.464 e. The zero-order valence-corrected chi connectivity index (χ0v) is 11.6. The number of nitro benzene ring substituents is 1. The minimum atomic E-state index is -0.620. The quantitative estimate of drug-likeness (QED) is 0.510. The highest BCUT2D eigenvalue weighted by Crippen LogP contribution is 2.25. The average Bonchev–Trinajstić information content (AvgIpc) is 2.85. The molecule has 0 aliphatic rings. The number of benzene rings is 1. The van der Waals surface area contributed by atoms with Gasteiger partial charge in [0.25, 0.3) is 11.6 Å². The van der Waals surface area contributed by atoms with Crippen LogP contribution in [0.3, 0.4) is 0 Å². The van der Waals surface area contributed by atoms with Gasteiger partial charge in [-0.3, -0.25) is 14.9 Å². The molecule has 110 valence electrons. The number of para-hydroxylation sites is 1. The number of nitrogens with zero attached hydrogens (tertiary/aromatic N) is 1. The van der Waals surface area contributed by atoms with Crippen LogP contribution in [0.5, 0.6) is 0 Å². The molecule has 0 aliphatic heterocycles. The van der Waals surface area contributed by atoms with Crippen LogP contribution in [0.4, 0.5) is 11.4 Å². The van der Waals surface area contributed by atoms with Crippen molar-refractivity contribution in [1.82, 2.24) is 5.32 Å². The van der Waals surface area contributed by atoms with Crippen molar-refractivity contribution in [1.29, 1.82) is 0 Å². The van der Waals surface area contributed by atoms with Gasteiger partial charge in [0.1, 0.15) is 17.2 Å². The second-order valence-electron chi connectivity index (χ2n) is 4.64. The summed E-state index contributed by atoms with van der Waals surface area (Å²) < 4.78 is 5.42. The van der Waals surface area contributed by atoms with E-state index in [4.69, 9.17) is 10.2 Å². The Morgan fingerprint density at radius 3 is 2.67 bits per heavy atom. The van der Waals surface area contributed by atoms with E-state index in [0.717, 1.165) is 5.76 Å². The third-order valence-corrected chi connectivity index (χ3v) is 3.06. The van der Waals surface area contributed by atoms with Gasteiger partial charge < -0.3 is 15.5 Å². The van der Waals surface area contributed by atoms with E-state index in [1.807, 2.05) is 0 Å². The van der Waals surface area contributed by atoms with Crippen molar-refractivity contribution in [3.05, 3.63) is 57.5 Å². The molecule has 0 saturated heterocycles. The summed E-state index contributed by atoms with van der Waals surface area (Å²) in [6, 6.07) is 7.30. The lowest BCUT2D eigenvalue weighted by atomic mass is 10.1. The molecular weight excluding hydrogens is 274 g/mol. The summed E-state index contributed by atoms with van der Waals surface area (Å²) in [7, 11) is 0. The predicted molar refractivity (Wildman–Crippen MR) is 76.8 cm³/mol. The number of nitrogens with one attached hydrogen (secondary N) is 1. The highest BCUT2D eigenvalue weighted by molar-refractivity contribution is 6.01. The molecule has 0 spiro atoms. The van der Waals surface area contributed by atoms with Crippen molar-refractivity contribution in [2.45, 2.75) is 19.9 Å². The maximum atomic E-state index is 12.2. The minimum absolute atomic E-state index is 0.0688. The van der Waals surface area contributed by atoms with E-state index in [9.17, 15) is 14.9 Å². The Morgan fingerprint density at radius 2 is 2.10 bits per heavy atom.